The number of nitrogens with two attached hydrogens (primary N) is 1. The first-order valence-corrected chi connectivity index (χ1v) is 6.09. The van der Waals surface area contributed by atoms with Crippen molar-refractivity contribution in [2.45, 2.75) is 11.3 Å². The third kappa shape index (κ3) is 2.72. The van der Waals surface area contributed by atoms with E-state index in [1.54, 1.807) is 0 Å². The zero-order chi connectivity index (χ0) is 11.8. The van der Waals surface area contributed by atoms with Gasteiger partial charge in [-0.2, -0.15) is 0 Å². The molecule has 5 nitrogen and oxygen atoms in total. The van der Waals surface area contributed by atoms with Gasteiger partial charge in [-0.05, 0) is 22.6 Å². The summed E-state index contributed by atoms with van der Waals surface area (Å²) >= 11 is 1.39. The smallest absolute Gasteiger partial charge is 0.279 e. The molecule has 0 spiro atoms. The zero-order valence-corrected chi connectivity index (χ0v) is 9.97. The normalized spacial score (nSPS) is 12.1. The van der Waals surface area contributed by atoms with Crippen molar-refractivity contribution in [2.24, 2.45) is 5.14 Å². The molecular formula is C6H5F2IN2O3S. The first kappa shape index (κ1) is 12.5. The fourth-order valence-electron chi connectivity index (χ4n) is 0.896. The number of rotatable bonds is 2. The molecule has 0 aliphatic rings. The van der Waals surface area contributed by atoms with Gasteiger partial charge in [-0.3, -0.25) is 4.79 Å². The van der Waals surface area contributed by atoms with Gasteiger partial charge >= 0.3 is 0 Å². The van der Waals surface area contributed by atoms with Crippen molar-refractivity contribution in [1.82, 2.24) is 4.98 Å². The predicted molar refractivity (Wildman–Crippen MR) is 56.1 cm³/mol. The highest BCUT2D eigenvalue weighted by Crippen LogP contribution is 2.25. The minimum atomic E-state index is -4.17. The van der Waals surface area contributed by atoms with E-state index >= 15 is 0 Å². The van der Waals surface area contributed by atoms with Gasteiger partial charge in [0.15, 0.2) is 0 Å². The van der Waals surface area contributed by atoms with Crippen LogP contribution in [0.25, 0.3) is 0 Å². The molecular weight excluding hydrogens is 345 g/mol. The Hall–Kier alpha value is -0.550. The summed E-state index contributed by atoms with van der Waals surface area (Å²) in [5, 5.41) is 4.77. The summed E-state index contributed by atoms with van der Waals surface area (Å²) in [7, 11) is -4.17. The molecule has 0 amide bonds. The summed E-state index contributed by atoms with van der Waals surface area (Å²) in [5.74, 6) is 0. The van der Waals surface area contributed by atoms with Crippen molar-refractivity contribution < 1.29 is 17.2 Å². The molecule has 0 saturated heterocycles. The molecule has 3 N–H and O–H groups in total. The summed E-state index contributed by atoms with van der Waals surface area (Å²) < 4.78 is 46.4. The molecule has 0 atom stereocenters. The van der Waals surface area contributed by atoms with Crippen LogP contribution in [-0.4, -0.2) is 13.4 Å². The Bertz CT molecular complexity index is 540. The summed E-state index contributed by atoms with van der Waals surface area (Å²) in [6.07, 6.45) is -2.97. The number of primary sulfonamides is 1. The van der Waals surface area contributed by atoms with Gasteiger partial charge in [0.2, 0.25) is 15.6 Å². The summed E-state index contributed by atoms with van der Waals surface area (Å²) in [6.45, 7) is 0. The number of aromatic amines is 1. The molecule has 0 saturated carbocycles. The standard InChI is InChI=1S/C6H5F2IN2O3S/c7-6(8)5-4(9)2(15(10,13)14)1-3(12)11-5/h1,6H,(H,11,12)(H2,10,13,14). The first-order valence-electron chi connectivity index (χ1n) is 3.47. The van der Waals surface area contributed by atoms with Gasteiger partial charge in [-0.15, -0.1) is 0 Å². The molecule has 9 heteroatoms. The van der Waals surface area contributed by atoms with Crippen molar-refractivity contribution in [2.75, 3.05) is 0 Å². The molecule has 0 bridgehead atoms. The molecule has 1 heterocycles. The van der Waals surface area contributed by atoms with E-state index in [9.17, 15) is 22.0 Å². The molecule has 1 aromatic heterocycles. The summed E-state index contributed by atoms with van der Waals surface area (Å²) in [6, 6.07) is 0.670. The molecule has 0 aliphatic carbocycles. The van der Waals surface area contributed by atoms with Crippen LogP contribution in [0.4, 0.5) is 8.78 Å². The third-order valence-corrected chi connectivity index (χ3v) is 3.96. The minimum absolute atomic E-state index is 0.273. The number of alkyl halides is 2. The Balaban J connectivity index is 3.64. The number of sulfonamides is 1. The van der Waals surface area contributed by atoms with E-state index in [1.165, 1.54) is 22.6 Å². The number of halogens is 3. The molecule has 0 aliphatic heterocycles. The quantitative estimate of drug-likeness (QED) is 0.764. The van der Waals surface area contributed by atoms with Crippen LogP contribution in [-0.2, 0) is 10.0 Å². The molecule has 0 unspecified atom stereocenters. The lowest BCUT2D eigenvalue weighted by atomic mass is 10.3. The predicted octanol–water partition coefficient (Wildman–Crippen LogP) is 0.565. The molecule has 15 heavy (non-hydrogen) atoms. The Morgan fingerprint density at radius 2 is 2.00 bits per heavy atom. The second-order valence-corrected chi connectivity index (χ2v) is 5.18. The van der Waals surface area contributed by atoms with E-state index in [1.807, 2.05) is 4.98 Å². The Morgan fingerprint density at radius 1 is 1.47 bits per heavy atom. The van der Waals surface area contributed by atoms with Crippen LogP contribution in [0, 0.1) is 3.57 Å². The van der Waals surface area contributed by atoms with Crippen LogP contribution in [0.1, 0.15) is 12.1 Å². The number of aromatic nitrogens is 1. The van der Waals surface area contributed by atoms with Gasteiger partial charge < -0.3 is 4.98 Å². The number of hydrogen-bond acceptors (Lipinski definition) is 3. The van der Waals surface area contributed by atoms with Crippen molar-refractivity contribution in [1.29, 1.82) is 0 Å². The highest BCUT2D eigenvalue weighted by atomic mass is 127. The maximum absolute atomic E-state index is 12.4. The SMILES string of the molecule is NS(=O)(=O)c1cc(=O)[nH]c(C(F)F)c1I. The topological polar surface area (TPSA) is 93.0 Å². The van der Waals surface area contributed by atoms with Gasteiger partial charge in [0.1, 0.15) is 4.90 Å². The van der Waals surface area contributed by atoms with Crippen molar-refractivity contribution >= 4 is 32.6 Å². The lowest BCUT2D eigenvalue weighted by Gasteiger charge is -2.06. The van der Waals surface area contributed by atoms with E-state index in [0.717, 1.165) is 0 Å². The Kier molecular flexibility index (Phi) is 3.45. The van der Waals surface area contributed by atoms with Crippen molar-refractivity contribution in [3.63, 3.8) is 0 Å². The van der Waals surface area contributed by atoms with Gasteiger partial charge in [-0.1, -0.05) is 0 Å². The molecule has 84 valence electrons. The number of hydrogen-bond donors (Lipinski definition) is 2. The van der Waals surface area contributed by atoms with Crippen LogP contribution >= 0.6 is 22.6 Å². The second kappa shape index (κ2) is 4.14. The average Bonchev–Trinajstić information content (AvgIpc) is 2.06. The van der Waals surface area contributed by atoms with Crippen LogP contribution in [0.2, 0.25) is 0 Å². The molecule has 0 fully saturated rings. The van der Waals surface area contributed by atoms with Crippen LogP contribution in [0.15, 0.2) is 15.8 Å². The Morgan fingerprint density at radius 3 is 2.40 bits per heavy atom. The molecule has 1 rings (SSSR count). The van der Waals surface area contributed by atoms with Crippen molar-refractivity contribution in [3.05, 3.63) is 25.7 Å². The van der Waals surface area contributed by atoms with E-state index in [-0.39, 0.29) is 3.57 Å². The monoisotopic (exact) mass is 350 g/mol. The summed E-state index contributed by atoms with van der Waals surface area (Å²) in [5.41, 5.74) is -1.68. The lowest BCUT2D eigenvalue weighted by molar-refractivity contribution is 0.144. The molecule has 0 aromatic carbocycles. The highest BCUT2D eigenvalue weighted by Gasteiger charge is 2.21. The van der Waals surface area contributed by atoms with Gasteiger partial charge in [0.05, 0.1) is 9.26 Å². The fourth-order valence-corrected chi connectivity index (χ4v) is 2.97. The number of pyridine rings is 1. The second-order valence-electron chi connectivity index (χ2n) is 2.57. The van der Waals surface area contributed by atoms with E-state index in [4.69, 9.17) is 5.14 Å². The van der Waals surface area contributed by atoms with E-state index in [2.05, 4.69) is 0 Å². The lowest BCUT2D eigenvalue weighted by Crippen LogP contribution is -2.20. The van der Waals surface area contributed by atoms with Crippen LogP contribution < -0.4 is 10.7 Å². The molecule has 0 radical (unpaired) electrons. The fraction of sp³-hybridized carbons (Fsp3) is 0.167. The average molecular weight is 350 g/mol. The number of H-pyrrole nitrogens is 1. The third-order valence-electron chi connectivity index (χ3n) is 1.50. The summed E-state index contributed by atoms with van der Waals surface area (Å²) in [4.78, 5) is 12.2. The Labute approximate surface area is 96.9 Å². The van der Waals surface area contributed by atoms with E-state index < -0.39 is 32.6 Å². The number of nitrogens with one attached hydrogen (secondary N) is 1. The zero-order valence-electron chi connectivity index (χ0n) is 7.00. The van der Waals surface area contributed by atoms with Crippen LogP contribution in [0.3, 0.4) is 0 Å². The molecule has 1 aromatic rings. The maximum Gasteiger partial charge on any atom is 0.279 e. The van der Waals surface area contributed by atoms with Crippen molar-refractivity contribution in [3.8, 4) is 0 Å². The maximum atomic E-state index is 12.4. The van der Waals surface area contributed by atoms with E-state index in [0.29, 0.717) is 6.07 Å². The largest absolute Gasteiger partial charge is 0.320 e. The van der Waals surface area contributed by atoms with Gasteiger partial charge in [-0.25, -0.2) is 22.3 Å². The van der Waals surface area contributed by atoms with Crippen LogP contribution in [0.5, 0.6) is 0 Å². The van der Waals surface area contributed by atoms with Gasteiger partial charge in [0.25, 0.3) is 6.43 Å². The first-order chi connectivity index (χ1) is 6.73. The highest BCUT2D eigenvalue weighted by molar-refractivity contribution is 14.1. The van der Waals surface area contributed by atoms with Gasteiger partial charge in [0, 0.05) is 6.07 Å². The minimum Gasteiger partial charge on any atom is -0.320 e.